The lowest BCUT2D eigenvalue weighted by molar-refractivity contribution is 0.0378. The Balaban J connectivity index is 1.76. The Kier molecular flexibility index (Phi) is 6.48. The van der Waals surface area contributed by atoms with E-state index < -0.39 is 0 Å². The minimum Gasteiger partial charge on any atom is -0.383 e. The molecule has 6 heteroatoms. The van der Waals surface area contributed by atoms with Crippen LogP contribution >= 0.6 is 0 Å². The van der Waals surface area contributed by atoms with Crippen LogP contribution in [0.15, 0.2) is 6.20 Å². The number of morpholine rings is 1. The molecule has 120 valence electrons. The predicted molar refractivity (Wildman–Crippen MR) is 83.9 cm³/mol. The fraction of sp³-hybridized carbons (Fsp3) is 0.800. The highest BCUT2D eigenvalue weighted by molar-refractivity contribution is 5.29. The van der Waals surface area contributed by atoms with E-state index in [-0.39, 0.29) is 6.04 Å². The second-order valence-corrected chi connectivity index (χ2v) is 5.65. The molecule has 0 radical (unpaired) electrons. The SMILES string of the molecule is COCC(C)n1cc(C)nc1NCCCN1CCOCC1. The van der Waals surface area contributed by atoms with Gasteiger partial charge in [0, 0.05) is 32.9 Å². The van der Waals surface area contributed by atoms with Crippen LogP contribution in [-0.2, 0) is 9.47 Å². The van der Waals surface area contributed by atoms with E-state index in [0.717, 1.165) is 57.5 Å². The van der Waals surface area contributed by atoms with E-state index in [1.54, 1.807) is 7.11 Å². The van der Waals surface area contributed by atoms with Gasteiger partial charge >= 0.3 is 0 Å². The maximum atomic E-state index is 5.36. The lowest BCUT2D eigenvalue weighted by Crippen LogP contribution is -2.37. The number of hydrogen-bond donors (Lipinski definition) is 1. The van der Waals surface area contributed by atoms with Crippen LogP contribution < -0.4 is 5.32 Å². The maximum absolute atomic E-state index is 5.36. The zero-order valence-electron chi connectivity index (χ0n) is 13.5. The highest BCUT2D eigenvalue weighted by Gasteiger charge is 2.12. The third kappa shape index (κ3) is 4.98. The Hall–Kier alpha value is -1.11. The molecule has 1 aromatic heterocycles. The summed E-state index contributed by atoms with van der Waals surface area (Å²) in [6.45, 7) is 10.8. The minimum atomic E-state index is 0.290. The van der Waals surface area contributed by atoms with Crippen molar-refractivity contribution in [2.24, 2.45) is 0 Å². The average Bonchev–Trinajstić information content (AvgIpc) is 2.86. The molecule has 1 atom stereocenters. The molecule has 1 aromatic rings. The van der Waals surface area contributed by atoms with Crippen molar-refractivity contribution in [3.63, 3.8) is 0 Å². The lowest BCUT2D eigenvalue weighted by atomic mass is 10.3. The number of aromatic nitrogens is 2. The first kappa shape index (κ1) is 16.3. The van der Waals surface area contributed by atoms with Crippen molar-refractivity contribution in [1.82, 2.24) is 14.5 Å². The van der Waals surface area contributed by atoms with E-state index in [1.807, 2.05) is 6.92 Å². The summed E-state index contributed by atoms with van der Waals surface area (Å²) in [5.74, 6) is 0.944. The number of hydrogen-bond acceptors (Lipinski definition) is 5. The molecule has 2 heterocycles. The first-order chi connectivity index (χ1) is 10.2. The highest BCUT2D eigenvalue weighted by Crippen LogP contribution is 2.16. The Morgan fingerprint density at radius 1 is 1.43 bits per heavy atom. The number of methoxy groups -OCH3 is 1. The number of rotatable bonds is 8. The Morgan fingerprint density at radius 2 is 2.19 bits per heavy atom. The molecule has 0 amide bonds. The molecule has 0 aliphatic carbocycles. The molecule has 0 saturated carbocycles. The van der Waals surface area contributed by atoms with Gasteiger partial charge in [-0.3, -0.25) is 4.90 Å². The summed E-state index contributed by atoms with van der Waals surface area (Å²) in [6, 6.07) is 0.290. The van der Waals surface area contributed by atoms with Crippen molar-refractivity contribution in [2.45, 2.75) is 26.3 Å². The molecule has 6 nitrogen and oxygen atoms in total. The number of imidazole rings is 1. The summed E-state index contributed by atoms with van der Waals surface area (Å²) in [5, 5.41) is 3.45. The first-order valence-corrected chi connectivity index (χ1v) is 7.79. The molecule has 1 aliphatic rings. The minimum absolute atomic E-state index is 0.290. The fourth-order valence-electron chi connectivity index (χ4n) is 2.63. The molecule has 1 fully saturated rings. The van der Waals surface area contributed by atoms with E-state index in [4.69, 9.17) is 9.47 Å². The Morgan fingerprint density at radius 3 is 2.90 bits per heavy atom. The Labute approximate surface area is 127 Å². The third-order valence-corrected chi connectivity index (χ3v) is 3.77. The fourth-order valence-corrected chi connectivity index (χ4v) is 2.63. The normalized spacial score (nSPS) is 17.9. The van der Waals surface area contributed by atoms with Crippen molar-refractivity contribution in [1.29, 1.82) is 0 Å². The quantitative estimate of drug-likeness (QED) is 0.737. The molecule has 1 saturated heterocycles. The van der Waals surface area contributed by atoms with Gasteiger partial charge in [-0.2, -0.15) is 0 Å². The maximum Gasteiger partial charge on any atom is 0.203 e. The molecule has 1 N–H and O–H groups in total. The molecule has 0 bridgehead atoms. The monoisotopic (exact) mass is 296 g/mol. The van der Waals surface area contributed by atoms with Gasteiger partial charge in [0.15, 0.2) is 0 Å². The number of aryl methyl sites for hydroxylation is 1. The van der Waals surface area contributed by atoms with Crippen molar-refractivity contribution >= 4 is 5.95 Å². The number of anilines is 1. The number of ether oxygens (including phenoxy) is 2. The molecule has 1 aliphatic heterocycles. The lowest BCUT2D eigenvalue weighted by Gasteiger charge is -2.26. The van der Waals surface area contributed by atoms with Gasteiger partial charge in [0.25, 0.3) is 0 Å². The summed E-state index contributed by atoms with van der Waals surface area (Å²) in [6.07, 6.45) is 3.19. The van der Waals surface area contributed by atoms with Crippen molar-refractivity contribution in [2.75, 3.05) is 58.4 Å². The standard InChI is InChI=1S/C15H28N4O2/c1-13-11-19(14(2)12-20-3)15(17-13)16-5-4-6-18-7-9-21-10-8-18/h11,14H,4-10,12H2,1-3H3,(H,16,17). The topological polar surface area (TPSA) is 51.5 Å². The van der Waals surface area contributed by atoms with Crippen LogP contribution in [0.25, 0.3) is 0 Å². The van der Waals surface area contributed by atoms with E-state index in [0.29, 0.717) is 6.61 Å². The molecule has 2 rings (SSSR count). The van der Waals surface area contributed by atoms with Gasteiger partial charge in [-0.15, -0.1) is 0 Å². The van der Waals surface area contributed by atoms with Crippen LogP contribution in [0.5, 0.6) is 0 Å². The van der Waals surface area contributed by atoms with Gasteiger partial charge in [0.1, 0.15) is 0 Å². The van der Waals surface area contributed by atoms with Gasteiger partial charge in [-0.05, 0) is 26.8 Å². The average molecular weight is 296 g/mol. The van der Waals surface area contributed by atoms with E-state index in [9.17, 15) is 0 Å². The molecule has 0 spiro atoms. The summed E-state index contributed by atoms with van der Waals surface area (Å²) in [7, 11) is 1.73. The number of nitrogens with zero attached hydrogens (tertiary/aromatic N) is 3. The van der Waals surface area contributed by atoms with E-state index in [1.165, 1.54) is 0 Å². The molecule has 1 unspecified atom stereocenters. The van der Waals surface area contributed by atoms with Gasteiger partial charge in [0.2, 0.25) is 5.95 Å². The van der Waals surface area contributed by atoms with Crippen LogP contribution in [0, 0.1) is 6.92 Å². The highest BCUT2D eigenvalue weighted by atomic mass is 16.5. The van der Waals surface area contributed by atoms with Crippen LogP contribution in [0.2, 0.25) is 0 Å². The van der Waals surface area contributed by atoms with Crippen LogP contribution in [0.3, 0.4) is 0 Å². The molecular formula is C15H28N4O2. The van der Waals surface area contributed by atoms with Gasteiger partial charge in [-0.25, -0.2) is 4.98 Å². The zero-order valence-corrected chi connectivity index (χ0v) is 13.5. The molecule has 21 heavy (non-hydrogen) atoms. The van der Waals surface area contributed by atoms with E-state index >= 15 is 0 Å². The van der Waals surface area contributed by atoms with Crippen LogP contribution in [0.4, 0.5) is 5.95 Å². The second kappa shape index (κ2) is 8.36. The van der Waals surface area contributed by atoms with Crippen molar-refractivity contribution in [3.05, 3.63) is 11.9 Å². The summed E-state index contributed by atoms with van der Waals surface area (Å²) in [5.41, 5.74) is 1.04. The van der Waals surface area contributed by atoms with Crippen molar-refractivity contribution in [3.8, 4) is 0 Å². The summed E-state index contributed by atoms with van der Waals surface area (Å²) in [4.78, 5) is 7.02. The predicted octanol–water partition coefficient (Wildman–Crippen LogP) is 1.53. The van der Waals surface area contributed by atoms with Gasteiger partial charge in [0.05, 0.1) is 31.6 Å². The molecular weight excluding hydrogens is 268 g/mol. The van der Waals surface area contributed by atoms with Crippen LogP contribution in [-0.4, -0.2) is 67.6 Å². The van der Waals surface area contributed by atoms with E-state index in [2.05, 4.69) is 32.9 Å². The van der Waals surface area contributed by atoms with Crippen LogP contribution in [0.1, 0.15) is 25.1 Å². The summed E-state index contributed by atoms with van der Waals surface area (Å²) < 4.78 is 12.8. The summed E-state index contributed by atoms with van der Waals surface area (Å²) >= 11 is 0. The zero-order chi connectivity index (χ0) is 15.1. The second-order valence-electron chi connectivity index (χ2n) is 5.65. The van der Waals surface area contributed by atoms with Gasteiger partial charge < -0.3 is 19.4 Å². The molecule has 0 aromatic carbocycles. The van der Waals surface area contributed by atoms with Crippen molar-refractivity contribution < 1.29 is 9.47 Å². The first-order valence-electron chi connectivity index (χ1n) is 7.79. The largest absolute Gasteiger partial charge is 0.383 e. The van der Waals surface area contributed by atoms with Gasteiger partial charge in [-0.1, -0.05) is 0 Å². The smallest absolute Gasteiger partial charge is 0.203 e. The Bertz CT molecular complexity index is 416. The third-order valence-electron chi connectivity index (χ3n) is 3.77. The number of nitrogens with one attached hydrogen (secondary N) is 1.